The Morgan fingerprint density at radius 3 is 2.43 bits per heavy atom. The van der Waals surface area contributed by atoms with E-state index in [-0.39, 0.29) is 17.0 Å². The summed E-state index contributed by atoms with van der Waals surface area (Å²) in [5.41, 5.74) is 1.65. The van der Waals surface area contributed by atoms with Crippen LogP contribution >= 0.6 is 0 Å². The van der Waals surface area contributed by atoms with E-state index in [0.29, 0.717) is 5.75 Å². The van der Waals surface area contributed by atoms with Gasteiger partial charge in [0.15, 0.2) is 0 Å². The molecule has 1 saturated heterocycles. The first kappa shape index (κ1) is 25.1. The Balaban J connectivity index is 1.99. The van der Waals surface area contributed by atoms with E-state index in [1.54, 1.807) is 19.9 Å². The van der Waals surface area contributed by atoms with Crippen molar-refractivity contribution in [3.05, 3.63) is 58.1 Å². The number of imide groups is 1. The highest BCUT2D eigenvalue weighted by Gasteiger charge is 2.46. The number of hydrogen-bond donors (Lipinski definition) is 1. The van der Waals surface area contributed by atoms with Crippen molar-refractivity contribution in [1.82, 2.24) is 10.4 Å². The van der Waals surface area contributed by atoms with E-state index >= 15 is 0 Å². The smallest absolute Gasteiger partial charge is 0.282 e. The van der Waals surface area contributed by atoms with E-state index in [4.69, 9.17) is 9.47 Å². The maximum absolute atomic E-state index is 13.4. The molecule has 1 N–H and O–H groups in total. The van der Waals surface area contributed by atoms with Crippen LogP contribution in [0.2, 0.25) is 0 Å². The highest BCUT2D eigenvalue weighted by molar-refractivity contribution is 6.23. The minimum absolute atomic E-state index is 0.117. The first-order valence-corrected chi connectivity index (χ1v) is 10.6. The van der Waals surface area contributed by atoms with E-state index in [1.165, 1.54) is 44.6 Å². The van der Waals surface area contributed by atoms with Crippen molar-refractivity contribution in [2.75, 3.05) is 19.1 Å². The standard InChI is InChI=1S/C23H24N4O8/c1-13(2)22(30)26(24-21(29)15-7-5-6-8-16(15)27(32)33)18-12-20(28)25(23(18)31)17-11-14(34-3)9-10-19(17)35-4/h5-11,13,18H,12H2,1-4H3,(H,24,29). The van der Waals surface area contributed by atoms with Crippen LogP contribution in [0.1, 0.15) is 30.6 Å². The molecule has 1 aliphatic rings. The molecule has 0 aromatic heterocycles. The number of amides is 4. The summed E-state index contributed by atoms with van der Waals surface area (Å²) < 4.78 is 10.5. The molecule has 12 heteroatoms. The summed E-state index contributed by atoms with van der Waals surface area (Å²) >= 11 is 0. The zero-order valence-corrected chi connectivity index (χ0v) is 19.5. The molecule has 1 aliphatic heterocycles. The van der Waals surface area contributed by atoms with Crippen molar-refractivity contribution in [3.63, 3.8) is 0 Å². The molecule has 184 valence electrons. The highest BCUT2D eigenvalue weighted by Crippen LogP contribution is 2.36. The van der Waals surface area contributed by atoms with Crippen LogP contribution in [0.3, 0.4) is 0 Å². The molecule has 2 aromatic carbocycles. The van der Waals surface area contributed by atoms with Gasteiger partial charge in [0.2, 0.25) is 11.8 Å². The number of nitro benzene ring substituents is 1. The van der Waals surface area contributed by atoms with Gasteiger partial charge in [0, 0.05) is 18.1 Å². The van der Waals surface area contributed by atoms with Gasteiger partial charge in [-0.2, -0.15) is 0 Å². The molecule has 1 fully saturated rings. The van der Waals surface area contributed by atoms with Gasteiger partial charge in [0.25, 0.3) is 17.5 Å². The second-order valence-corrected chi connectivity index (χ2v) is 7.90. The summed E-state index contributed by atoms with van der Waals surface area (Å²) in [5.74, 6) is -3.11. The third-order valence-corrected chi connectivity index (χ3v) is 5.36. The Morgan fingerprint density at radius 1 is 1.14 bits per heavy atom. The molecule has 0 bridgehead atoms. The van der Waals surface area contributed by atoms with Gasteiger partial charge in [-0.1, -0.05) is 26.0 Å². The van der Waals surface area contributed by atoms with Gasteiger partial charge in [0.05, 0.1) is 31.3 Å². The largest absolute Gasteiger partial charge is 0.497 e. The van der Waals surface area contributed by atoms with Gasteiger partial charge < -0.3 is 9.47 Å². The van der Waals surface area contributed by atoms with E-state index in [1.807, 2.05) is 0 Å². The van der Waals surface area contributed by atoms with Crippen LogP contribution in [0, 0.1) is 16.0 Å². The number of carbonyl (C=O) groups is 4. The van der Waals surface area contributed by atoms with Gasteiger partial charge in [-0.25, -0.2) is 9.91 Å². The average molecular weight is 484 g/mol. The molecular formula is C23H24N4O8. The lowest BCUT2D eigenvalue weighted by Gasteiger charge is -2.29. The van der Waals surface area contributed by atoms with Crippen LogP contribution in [0.5, 0.6) is 11.5 Å². The Kier molecular flexibility index (Phi) is 7.33. The predicted molar refractivity (Wildman–Crippen MR) is 123 cm³/mol. The molecule has 2 aromatic rings. The lowest BCUT2D eigenvalue weighted by atomic mass is 10.1. The van der Waals surface area contributed by atoms with Gasteiger partial charge in [-0.05, 0) is 18.2 Å². The van der Waals surface area contributed by atoms with E-state index < -0.39 is 52.6 Å². The zero-order chi connectivity index (χ0) is 25.9. The number of nitrogens with one attached hydrogen (secondary N) is 1. The number of methoxy groups -OCH3 is 2. The third kappa shape index (κ3) is 4.90. The second-order valence-electron chi connectivity index (χ2n) is 7.90. The SMILES string of the molecule is COc1ccc(OC)c(N2C(=O)CC(N(NC(=O)c3ccccc3[N+](=O)[O-])C(=O)C(C)C)C2=O)c1. The monoisotopic (exact) mass is 484 g/mol. The molecule has 3 rings (SSSR count). The molecule has 0 saturated carbocycles. The van der Waals surface area contributed by atoms with E-state index in [0.717, 1.165) is 16.0 Å². The van der Waals surface area contributed by atoms with Crippen LogP contribution in [0.15, 0.2) is 42.5 Å². The summed E-state index contributed by atoms with van der Waals surface area (Å²) in [4.78, 5) is 63.7. The Morgan fingerprint density at radius 2 is 1.83 bits per heavy atom. The number of para-hydroxylation sites is 1. The average Bonchev–Trinajstić information content (AvgIpc) is 3.14. The summed E-state index contributed by atoms with van der Waals surface area (Å²) in [6.45, 7) is 3.10. The molecule has 4 amide bonds. The Hall–Kier alpha value is -4.48. The molecule has 1 unspecified atom stereocenters. The minimum atomic E-state index is -1.37. The van der Waals surface area contributed by atoms with E-state index in [9.17, 15) is 29.3 Å². The highest BCUT2D eigenvalue weighted by atomic mass is 16.6. The third-order valence-electron chi connectivity index (χ3n) is 5.36. The van der Waals surface area contributed by atoms with Crippen molar-refractivity contribution in [1.29, 1.82) is 0 Å². The molecular weight excluding hydrogens is 460 g/mol. The van der Waals surface area contributed by atoms with Gasteiger partial charge >= 0.3 is 0 Å². The number of hydrazine groups is 1. The first-order valence-electron chi connectivity index (χ1n) is 10.6. The predicted octanol–water partition coefficient (Wildman–Crippen LogP) is 2.07. The molecule has 1 atom stereocenters. The van der Waals surface area contributed by atoms with Crippen LogP contribution in [-0.2, 0) is 14.4 Å². The number of nitrogens with zero attached hydrogens (tertiary/aromatic N) is 3. The van der Waals surface area contributed by atoms with Crippen molar-refractivity contribution in [2.24, 2.45) is 5.92 Å². The maximum atomic E-state index is 13.4. The van der Waals surface area contributed by atoms with Gasteiger partial charge in [-0.15, -0.1) is 0 Å². The number of benzene rings is 2. The number of ether oxygens (including phenoxy) is 2. The van der Waals surface area contributed by atoms with Crippen molar-refractivity contribution >= 4 is 35.0 Å². The molecule has 1 heterocycles. The number of nitro groups is 1. The lowest BCUT2D eigenvalue weighted by Crippen LogP contribution is -2.56. The Bertz CT molecular complexity index is 1200. The number of carbonyl (C=O) groups excluding carboxylic acids is 4. The van der Waals surface area contributed by atoms with Crippen LogP contribution in [0.4, 0.5) is 11.4 Å². The normalized spacial score (nSPS) is 15.2. The fourth-order valence-electron chi connectivity index (χ4n) is 3.60. The summed E-state index contributed by atoms with van der Waals surface area (Å²) in [6, 6.07) is 8.37. The summed E-state index contributed by atoms with van der Waals surface area (Å²) in [6.07, 6.45) is -0.422. The fraction of sp³-hybridized carbons (Fsp3) is 0.304. The van der Waals surface area contributed by atoms with Crippen LogP contribution in [-0.4, -0.2) is 53.8 Å². The minimum Gasteiger partial charge on any atom is -0.497 e. The Labute approximate surface area is 200 Å². The molecule has 12 nitrogen and oxygen atoms in total. The van der Waals surface area contributed by atoms with Crippen molar-refractivity contribution in [2.45, 2.75) is 26.3 Å². The van der Waals surface area contributed by atoms with Crippen molar-refractivity contribution < 1.29 is 33.6 Å². The van der Waals surface area contributed by atoms with E-state index in [2.05, 4.69) is 5.43 Å². The quantitative estimate of drug-likeness (QED) is 0.357. The van der Waals surface area contributed by atoms with Crippen LogP contribution in [0.25, 0.3) is 0 Å². The zero-order valence-electron chi connectivity index (χ0n) is 19.5. The van der Waals surface area contributed by atoms with Gasteiger partial charge in [-0.3, -0.25) is 34.7 Å². The number of anilines is 1. The molecule has 0 radical (unpaired) electrons. The fourth-order valence-corrected chi connectivity index (χ4v) is 3.60. The maximum Gasteiger partial charge on any atom is 0.282 e. The molecule has 35 heavy (non-hydrogen) atoms. The summed E-state index contributed by atoms with van der Waals surface area (Å²) in [5, 5.41) is 12.1. The number of hydrogen-bond acceptors (Lipinski definition) is 8. The molecule has 0 spiro atoms. The van der Waals surface area contributed by atoms with Crippen LogP contribution < -0.4 is 19.8 Å². The molecule has 0 aliphatic carbocycles. The topological polar surface area (TPSA) is 148 Å². The first-order chi connectivity index (χ1) is 16.6. The number of rotatable bonds is 7. The lowest BCUT2D eigenvalue weighted by molar-refractivity contribution is -0.385. The van der Waals surface area contributed by atoms with Gasteiger partial charge in [0.1, 0.15) is 23.1 Å². The summed E-state index contributed by atoms with van der Waals surface area (Å²) in [7, 11) is 2.79. The second kappa shape index (κ2) is 10.2. The van der Waals surface area contributed by atoms with Crippen molar-refractivity contribution in [3.8, 4) is 11.5 Å².